The third-order valence-corrected chi connectivity index (χ3v) is 62.2. The molecular weight excluding hydrogens is 1820 g/mol. The highest BCUT2D eigenvalue weighted by molar-refractivity contribution is 6.69. The summed E-state index contributed by atoms with van der Waals surface area (Å²) in [5.74, 6) is 2.91. The predicted octanol–water partition coefficient (Wildman–Crippen LogP) is 15.2. The first-order chi connectivity index (χ1) is 59.3. The molecule has 0 aromatic heterocycles. The largest absolute Gasteiger partial charge is 0.504 e. The Kier molecular flexibility index (Phi) is 66.5. The van der Waals surface area contributed by atoms with Gasteiger partial charge in [0.05, 0.1) is 0 Å². The Morgan fingerprint density at radius 1 is 0.177 bits per heavy atom. The zero-order valence-electron chi connectivity index (χ0n) is 84.3. The third kappa shape index (κ3) is 39.8. The Bertz CT molecular complexity index is 2320. The highest BCUT2D eigenvalue weighted by atomic mass is 28.4. The first kappa shape index (κ1) is 125. The van der Waals surface area contributed by atoms with Crippen LogP contribution in [0.3, 0.4) is 0 Å². The minimum Gasteiger partial charge on any atom is -0.398 e. The van der Waals surface area contributed by atoms with E-state index in [9.17, 15) is 0 Å². The summed E-state index contributed by atoms with van der Waals surface area (Å²) in [6.45, 7) is 35.8. The smallest absolute Gasteiger partial charge is 0.398 e. The molecule has 5 saturated carbocycles. The van der Waals surface area contributed by atoms with E-state index < -0.39 is 105 Å². The van der Waals surface area contributed by atoms with Crippen molar-refractivity contribution < 1.29 is 150 Å². The molecule has 0 saturated heterocycles. The van der Waals surface area contributed by atoms with Gasteiger partial charge in [-0.25, -0.2) is 0 Å². The van der Waals surface area contributed by atoms with E-state index in [-0.39, 0.29) is 0 Å². The number of rotatable bonds is 72. The summed E-state index contributed by atoms with van der Waals surface area (Å²) >= 11 is 0. The van der Waals surface area contributed by atoms with Crippen molar-refractivity contribution in [1.82, 2.24) is 0 Å². The zero-order valence-corrected chi connectivity index (χ0v) is 96.3. The molecule has 124 heavy (non-hydrogen) atoms. The van der Waals surface area contributed by atoms with Crippen LogP contribution in [0.5, 0.6) is 0 Å². The molecule has 10 atom stereocenters. The highest BCUT2D eigenvalue weighted by Crippen LogP contribution is 2.60. The van der Waals surface area contributed by atoms with Crippen molar-refractivity contribution in [2.45, 2.75) is 250 Å². The molecule has 0 aromatic rings. The van der Waals surface area contributed by atoms with Gasteiger partial charge in [-0.15, -0.1) is 0 Å². The van der Waals surface area contributed by atoms with Gasteiger partial charge in [0.2, 0.25) is 0 Å². The molecule has 0 aromatic carbocycles. The van der Waals surface area contributed by atoms with Crippen molar-refractivity contribution in [3.8, 4) is 0 Å². The molecule has 5 fully saturated rings. The molecule has 0 heterocycles. The van der Waals surface area contributed by atoms with Crippen LogP contribution in [0.2, 0.25) is 83.1 Å². The van der Waals surface area contributed by atoms with E-state index in [0.29, 0.717) is 131 Å². The molecule has 0 bridgehead atoms. The van der Waals surface area contributed by atoms with Gasteiger partial charge in [0, 0.05) is 300 Å². The molecule has 0 spiro atoms. The van der Waals surface area contributed by atoms with Gasteiger partial charge in [-0.2, -0.15) is 0 Å². The van der Waals surface area contributed by atoms with Crippen molar-refractivity contribution >= 4 is 105 Å². The normalized spacial score (nSPS) is 21.1. The van der Waals surface area contributed by atoms with E-state index >= 15 is 0 Å². The maximum Gasteiger partial charge on any atom is 0.504 e. The quantitative estimate of drug-likeness (QED) is 0.0403. The van der Waals surface area contributed by atoms with Crippen molar-refractivity contribution in [1.29, 1.82) is 0 Å². The summed E-state index contributed by atoms with van der Waals surface area (Å²) in [5, 5.41) is 0. The average molecular weight is 2000 g/mol. The van der Waals surface area contributed by atoms with Crippen LogP contribution >= 0.6 is 0 Å². The SMILES string of the molecule is CCO[Si](CCC1CC1[Si](OCC)(OCC)OCC)(OCC)OCC.CCO[Si](CCC1CC1[Si](OCC)(OCC)OCC)(OCC)OCC.CO[Si](C)(CCC1CC1[Si](C)(OC)OC)OC.CO[Si](CCC1CC1[Si](OC)(OC)OC)(OC)OC.CO[Si](CCC1CC1[Si](OC)(OC)OC)(OC)OC.CO[Si](CCCCC[Si](OC)(OC)OC)(OC)OC. The molecular formula is C78H182O34Si12. The van der Waals surface area contributed by atoms with Crippen LogP contribution in [0, 0.1) is 29.6 Å². The lowest BCUT2D eigenvalue weighted by atomic mass is 10.3. The Morgan fingerprint density at radius 3 is 0.556 bits per heavy atom. The second-order valence-electron chi connectivity index (χ2n) is 30.6. The topological polar surface area (TPSA) is 314 Å². The fraction of sp³-hybridized carbons (Fsp3) is 1.00. The molecule has 5 aliphatic carbocycles. The minimum absolute atomic E-state index is 0.379. The summed E-state index contributed by atoms with van der Waals surface area (Å²) in [6, 6.07) is 5.99. The zero-order chi connectivity index (χ0) is 94.4. The number of hydrogen-bond donors (Lipinski definition) is 0. The van der Waals surface area contributed by atoms with Gasteiger partial charge in [0.25, 0.3) is 0 Å². The van der Waals surface area contributed by atoms with Crippen molar-refractivity contribution in [2.24, 2.45) is 29.6 Å². The van der Waals surface area contributed by atoms with Crippen LogP contribution in [-0.4, -0.2) is 341 Å². The molecule has 34 nitrogen and oxygen atoms in total. The summed E-state index contributed by atoms with van der Waals surface area (Å²) < 4.78 is 192. The van der Waals surface area contributed by atoms with E-state index in [2.05, 4.69) is 13.1 Å². The van der Waals surface area contributed by atoms with Crippen LogP contribution in [0.1, 0.15) is 167 Å². The summed E-state index contributed by atoms with van der Waals surface area (Å²) in [6.07, 6.45) is 13.8. The second-order valence-corrected chi connectivity index (χ2v) is 67.6. The molecule has 0 aliphatic heterocycles. The molecule has 0 N–H and O–H groups in total. The van der Waals surface area contributed by atoms with Crippen LogP contribution in [0.4, 0.5) is 0 Å². The van der Waals surface area contributed by atoms with E-state index in [1.807, 2.05) is 83.1 Å². The van der Waals surface area contributed by atoms with Crippen LogP contribution in [-0.2, 0) is 150 Å². The fourth-order valence-electron chi connectivity index (χ4n) is 16.4. The Morgan fingerprint density at radius 2 is 0.363 bits per heavy atom. The summed E-state index contributed by atoms with van der Waals surface area (Å²) in [5.41, 5.74) is 2.19. The molecule has 5 aliphatic rings. The lowest BCUT2D eigenvalue weighted by Crippen LogP contribution is -2.48. The van der Waals surface area contributed by atoms with E-state index in [4.69, 9.17) is 150 Å². The predicted molar refractivity (Wildman–Crippen MR) is 504 cm³/mol. The fourth-order valence-corrected chi connectivity index (χ4v) is 45.4. The van der Waals surface area contributed by atoms with E-state index in [1.54, 1.807) is 156 Å². The van der Waals surface area contributed by atoms with Gasteiger partial charge < -0.3 is 150 Å². The van der Waals surface area contributed by atoms with E-state index in [0.717, 1.165) is 119 Å². The lowest BCUT2D eigenvalue weighted by molar-refractivity contribution is 0.0653. The van der Waals surface area contributed by atoms with Gasteiger partial charge in [-0.05, 0) is 209 Å². The number of hydrogen-bond acceptors (Lipinski definition) is 34. The number of unbranched alkanes of at least 4 members (excludes halogenated alkanes) is 2. The second kappa shape index (κ2) is 65.9. The standard InChI is InChI=1S/2C17H38O6Si2.2C11H26O6Si2.C11H28O6Si2.C11H26O4Si2/c2*1-7-18-24(19-8-2,20-9-3)14-13-16-15-17(16)25(21-10-4,22-11-5)23-12-6;2*1-12-18(13-2,14-3)8-7-10-9-11(10)19(15-4,16-5)17-6;1-12-18(13-2,14-3)10-8-7-9-11-19(15-4,16-5)17-6;1-12-16(5,13-2)8-7-10-9-11(10)17(6,14-3)15-4/h2*16-17H,7-15H2,1-6H3;2*10-11H,7-9H2,1-6H3;7-11H2,1-6H3;10-11H,7-9H2,1-6H3. The van der Waals surface area contributed by atoms with Crippen molar-refractivity contribution in [2.75, 3.05) is 236 Å². The Labute approximate surface area is 765 Å². The summed E-state index contributed by atoms with van der Waals surface area (Å²) in [4.78, 5) is 0. The van der Waals surface area contributed by atoms with Gasteiger partial charge >= 0.3 is 105 Å². The highest BCUT2D eigenvalue weighted by Gasteiger charge is 2.65. The maximum absolute atomic E-state index is 6.05. The maximum atomic E-state index is 6.05. The van der Waals surface area contributed by atoms with Crippen LogP contribution in [0.15, 0.2) is 0 Å². The molecule has 0 amide bonds. The Hall–Kier alpha value is 1.24. The molecule has 746 valence electrons. The first-order valence-electron chi connectivity index (χ1n) is 45.1. The van der Waals surface area contributed by atoms with Crippen LogP contribution < -0.4 is 0 Å². The van der Waals surface area contributed by atoms with Gasteiger partial charge in [-0.3, -0.25) is 0 Å². The minimum atomic E-state index is -2.58. The average Bonchev–Trinajstić information content (AvgIpc) is 1.63. The first-order valence-corrected chi connectivity index (χ1v) is 68.8. The van der Waals surface area contributed by atoms with Crippen molar-refractivity contribution in [3.63, 3.8) is 0 Å². The monoisotopic (exact) mass is 2000 g/mol. The van der Waals surface area contributed by atoms with Gasteiger partial charge in [0.1, 0.15) is 0 Å². The van der Waals surface area contributed by atoms with Gasteiger partial charge in [0.15, 0.2) is 0 Å². The third-order valence-electron chi connectivity index (χ3n) is 24.2. The van der Waals surface area contributed by atoms with Crippen molar-refractivity contribution in [3.05, 3.63) is 0 Å². The molecule has 10 unspecified atom stereocenters. The van der Waals surface area contributed by atoms with Gasteiger partial charge in [-0.1, -0.05) is 6.42 Å². The molecule has 5 rings (SSSR count). The lowest BCUT2D eigenvalue weighted by Gasteiger charge is -2.30. The van der Waals surface area contributed by atoms with Crippen LogP contribution in [0.25, 0.3) is 0 Å². The Balaban J connectivity index is 0.00000147. The summed E-state index contributed by atoms with van der Waals surface area (Å²) in [7, 11) is 7.83. The van der Waals surface area contributed by atoms with E-state index in [1.165, 1.54) is 12.8 Å². The molecule has 46 heteroatoms. The molecule has 0 radical (unpaired) electrons.